The van der Waals surface area contributed by atoms with E-state index in [0.717, 1.165) is 45.5 Å². The summed E-state index contributed by atoms with van der Waals surface area (Å²) in [6.07, 6.45) is 3.27. The van der Waals surface area contributed by atoms with E-state index >= 15 is 0 Å². The fourth-order valence-corrected chi connectivity index (χ4v) is 3.27. The molecule has 5 heteroatoms. The zero-order valence-corrected chi connectivity index (χ0v) is 12.9. The maximum atomic E-state index is 5.38. The number of nitrogens with zero attached hydrogens (tertiary/aromatic N) is 1. The van der Waals surface area contributed by atoms with Crippen LogP contribution in [0, 0.1) is 4.64 Å². The Kier molecular flexibility index (Phi) is 3.41. The quantitative estimate of drug-likeness (QED) is 0.840. The molecule has 2 aromatic rings. The first-order chi connectivity index (χ1) is 9.19. The van der Waals surface area contributed by atoms with E-state index in [1.165, 1.54) is 11.3 Å². The van der Waals surface area contributed by atoms with E-state index in [9.17, 15) is 0 Å². The molecule has 0 atom stereocenters. The molecule has 3 rings (SSSR count). The number of fused-ring (bicyclic) bond motifs is 1. The predicted octanol–water partition coefficient (Wildman–Crippen LogP) is 4.07. The second-order valence-electron chi connectivity index (χ2n) is 4.55. The number of hydrogen-bond acceptors (Lipinski definition) is 3. The first kappa shape index (κ1) is 12.8. The second-order valence-corrected chi connectivity index (χ2v) is 5.79. The standard InChI is InChI=1S/C14H13BrN2OS/c1-18-12-6-5-8(7-10(12)15)13-16-11-4-2-3-9(11)14(19)17-13/h5-7H,2-4H2,1H3,(H,16,17,19). The number of halogens is 1. The van der Waals surface area contributed by atoms with Gasteiger partial charge in [0.15, 0.2) is 0 Å². The van der Waals surface area contributed by atoms with Crippen LogP contribution in [0.15, 0.2) is 22.7 Å². The van der Waals surface area contributed by atoms with E-state index in [4.69, 9.17) is 17.0 Å². The lowest BCUT2D eigenvalue weighted by atomic mass is 10.2. The molecule has 1 N–H and O–H groups in total. The Morgan fingerprint density at radius 2 is 2.21 bits per heavy atom. The molecular formula is C14H13BrN2OS. The zero-order chi connectivity index (χ0) is 13.4. The molecule has 1 heterocycles. The van der Waals surface area contributed by atoms with Crippen LogP contribution in [0.4, 0.5) is 0 Å². The van der Waals surface area contributed by atoms with E-state index in [1.54, 1.807) is 7.11 Å². The van der Waals surface area contributed by atoms with Crippen LogP contribution in [0.2, 0.25) is 0 Å². The van der Waals surface area contributed by atoms with E-state index in [1.807, 2.05) is 18.2 Å². The van der Waals surface area contributed by atoms with Gasteiger partial charge in [0, 0.05) is 16.8 Å². The van der Waals surface area contributed by atoms with Crippen molar-refractivity contribution in [2.24, 2.45) is 0 Å². The van der Waals surface area contributed by atoms with Crippen LogP contribution in [-0.4, -0.2) is 17.1 Å². The Morgan fingerprint density at radius 1 is 1.37 bits per heavy atom. The Morgan fingerprint density at radius 3 is 2.95 bits per heavy atom. The summed E-state index contributed by atoms with van der Waals surface area (Å²) in [6.45, 7) is 0. The third kappa shape index (κ3) is 2.32. The first-order valence-electron chi connectivity index (χ1n) is 6.15. The molecule has 1 aromatic heterocycles. The maximum absolute atomic E-state index is 5.38. The van der Waals surface area contributed by atoms with E-state index < -0.39 is 0 Å². The molecule has 1 aromatic carbocycles. The van der Waals surface area contributed by atoms with Crippen molar-refractivity contribution in [3.8, 4) is 17.1 Å². The topological polar surface area (TPSA) is 37.9 Å². The van der Waals surface area contributed by atoms with Crippen molar-refractivity contribution in [1.29, 1.82) is 0 Å². The lowest BCUT2D eigenvalue weighted by Gasteiger charge is -2.08. The van der Waals surface area contributed by atoms with Crippen LogP contribution in [0.5, 0.6) is 5.75 Å². The Balaban J connectivity index is 2.10. The van der Waals surface area contributed by atoms with Gasteiger partial charge in [-0.1, -0.05) is 12.2 Å². The number of nitrogens with one attached hydrogen (secondary N) is 1. The van der Waals surface area contributed by atoms with Gasteiger partial charge in [-0.25, -0.2) is 4.98 Å². The number of benzene rings is 1. The number of methoxy groups -OCH3 is 1. The molecule has 0 saturated heterocycles. The summed E-state index contributed by atoms with van der Waals surface area (Å²) in [7, 11) is 1.65. The number of hydrogen-bond donors (Lipinski definition) is 1. The second kappa shape index (κ2) is 5.06. The van der Waals surface area contributed by atoms with E-state index in [2.05, 4.69) is 25.9 Å². The number of H-pyrrole nitrogens is 1. The maximum Gasteiger partial charge on any atom is 0.139 e. The van der Waals surface area contributed by atoms with Crippen molar-refractivity contribution in [3.05, 3.63) is 38.6 Å². The molecule has 3 nitrogen and oxygen atoms in total. The monoisotopic (exact) mass is 336 g/mol. The van der Waals surface area contributed by atoms with Gasteiger partial charge in [0.25, 0.3) is 0 Å². The van der Waals surface area contributed by atoms with E-state index in [-0.39, 0.29) is 0 Å². The molecule has 0 amide bonds. The minimum atomic E-state index is 0.730. The van der Waals surface area contributed by atoms with Gasteiger partial charge in [0.1, 0.15) is 16.2 Å². The van der Waals surface area contributed by atoms with Crippen LogP contribution in [0.3, 0.4) is 0 Å². The largest absolute Gasteiger partial charge is 0.496 e. The molecule has 0 bridgehead atoms. The van der Waals surface area contributed by atoms with Crippen LogP contribution in [0.1, 0.15) is 17.7 Å². The van der Waals surface area contributed by atoms with Crippen LogP contribution < -0.4 is 4.74 Å². The molecule has 0 unspecified atom stereocenters. The fraction of sp³-hybridized carbons (Fsp3) is 0.286. The highest BCUT2D eigenvalue weighted by molar-refractivity contribution is 9.10. The van der Waals surface area contributed by atoms with E-state index in [0.29, 0.717) is 0 Å². The minimum absolute atomic E-state index is 0.730. The Hall–Kier alpha value is -1.20. The molecule has 1 aliphatic carbocycles. The number of rotatable bonds is 2. The number of aromatic amines is 1. The average molecular weight is 337 g/mol. The summed E-state index contributed by atoms with van der Waals surface area (Å²) in [5, 5.41) is 0. The average Bonchev–Trinajstić information content (AvgIpc) is 2.87. The Bertz CT molecular complexity index is 696. The van der Waals surface area contributed by atoms with Gasteiger partial charge in [-0.05, 0) is 53.4 Å². The minimum Gasteiger partial charge on any atom is -0.496 e. The predicted molar refractivity (Wildman–Crippen MR) is 81.1 cm³/mol. The first-order valence-corrected chi connectivity index (χ1v) is 7.35. The van der Waals surface area contributed by atoms with Crippen molar-refractivity contribution >= 4 is 28.1 Å². The van der Waals surface area contributed by atoms with Crippen molar-refractivity contribution in [3.63, 3.8) is 0 Å². The van der Waals surface area contributed by atoms with Crippen LogP contribution >= 0.6 is 28.1 Å². The number of ether oxygens (including phenoxy) is 1. The van der Waals surface area contributed by atoms with Gasteiger partial charge in [0.2, 0.25) is 0 Å². The normalized spacial score (nSPS) is 13.4. The third-order valence-corrected chi connectivity index (χ3v) is 4.34. The smallest absolute Gasteiger partial charge is 0.139 e. The van der Waals surface area contributed by atoms with Crippen molar-refractivity contribution < 1.29 is 4.74 Å². The van der Waals surface area contributed by atoms with Crippen molar-refractivity contribution in [2.45, 2.75) is 19.3 Å². The molecule has 0 fully saturated rings. The van der Waals surface area contributed by atoms with Crippen molar-refractivity contribution in [2.75, 3.05) is 7.11 Å². The van der Waals surface area contributed by atoms with Gasteiger partial charge in [-0.2, -0.15) is 0 Å². The SMILES string of the molecule is COc1ccc(-c2nc(=S)c3c([nH]2)CCC3)cc1Br. The number of aromatic nitrogens is 2. The number of aryl methyl sites for hydroxylation is 1. The summed E-state index contributed by atoms with van der Waals surface area (Å²) >= 11 is 8.87. The molecule has 0 spiro atoms. The summed E-state index contributed by atoms with van der Waals surface area (Å²) in [5.74, 6) is 1.64. The summed E-state index contributed by atoms with van der Waals surface area (Å²) < 4.78 is 6.88. The lowest BCUT2D eigenvalue weighted by molar-refractivity contribution is 0.412. The highest BCUT2D eigenvalue weighted by Crippen LogP contribution is 2.30. The van der Waals surface area contributed by atoms with Gasteiger partial charge < -0.3 is 9.72 Å². The van der Waals surface area contributed by atoms with Gasteiger partial charge in [-0.15, -0.1) is 0 Å². The van der Waals surface area contributed by atoms with Gasteiger partial charge in [0.05, 0.1) is 11.6 Å². The third-order valence-electron chi connectivity index (χ3n) is 3.38. The molecular weight excluding hydrogens is 324 g/mol. The highest BCUT2D eigenvalue weighted by Gasteiger charge is 2.15. The molecule has 0 aliphatic heterocycles. The molecule has 1 aliphatic rings. The summed E-state index contributed by atoms with van der Waals surface area (Å²) in [6, 6.07) is 5.90. The molecule has 19 heavy (non-hydrogen) atoms. The summed E-state index contributed by atoms with van der Waals surface area (Å²) in [5.41, 5.74) is 3.46. The van der Waals surface area contributed by atoms with Crippen LogP contribution in [-0.2, 0) is 12.8 Å². The molecule has 98 valence electrons. The Labute approximate surface area is 125 Å². The summed E-state index contributed by atoms with van der Waals surface area (Å²) in [4.78, 5) is 7.92. The fourth-order valence-electron chi connectivity index (χ4n) is 2.41. The van der Waals surface area contributed by atoms with Crippen molar-refractivity contribution in [1.82, 2.24) is 9.97 Å². The highest BCUT2D eigenvalue weighted by atomic mass is 79.9. The van der Waals surface area contributed by atoms with Gasteiger partial charge in [-0.3, -0.25) is 0 Å². The van der Waals surface area contributed by atoms with Gasteiger partial charge >= 0.3 is 0 Å². The molecule has 0 saturated carbocycles. The van der Waals surface area contributed by atoms with Crippen LogP contribution in [0.25, 0.3) is 11.4 Å². The zero-order valence-electron chi connectivity index (χ0n) is 10.5. The lowest BCUT2D eigenvalue weighted by Crippen LogP contribution is -1.97. The molecule has 0 radical (unpaired) electrons.